The van der Waals surface area contributed by atoms with E-state index in [1.807, 2.05) is 36.4 Å². The van der Waals surface area contributed by atoms with E-state index in [1.165, 1.54) is 32.1 Å². The number of nitrogens with one attached hydrogen (secondary N) is 2. The van der Waals surface area contributed by atoms with Crippen LogP contribution < -0.4 is 16.0 Å². The van der Waals surface area contributed by atoms with Crippen molar-refractivity contribution >= 4 is 17.8 Å². The number of carbonyl (C=O) groups excluding carboxylic acids is 2. The van der Waals surface area contributed by atoms with Gasteiger partial charge in [-0.15, -0.1) is 0 Å². The van der Waals surface area contributed by atoms with Crippen molar-refractivity contribution in [3.63, 3.8) is 0 Å². The molecule has 0 radical (unpaired) electrons. The quantitative estimate of drug-likeness (QED) is 0.500. The van der Waals surface area contributed by atoms with Crippen molar-refractivity contribution in [2.45, 2.75) is 88.6 Å². The van der Waals surface area contributed by atoms with Crippen LogP contribution in [0.3, 0.4) is 0 Å². The minimum absolute atomic E-state index is 0.0830. The van der Waals surface area contributed by atoms with Gasteiger partial charge < -0.3 is 5.32 Å². The zero-order chi connectivity index (χ0) is 26.5. The molecule has 2 heterocycles. The Morgan fingerprint density at radius 2 is 1.82 bits per heavy atom. The van der Waals surface area contributed by atoms with E-state index in [9.17, 15) is 9.59 Å². The standard InChI is InChI=1S/C31H41N5O2/c1-36-29(38)31(35-30(36)32,16-15-22-9-4-2-5-10-22)19-23-11-8-14-27(17-23)34-28(37)26-18-25(20-33-21-26)24-12-6-3-7-13-24/h3,6-7,12-13,18,20-23,27H,2,4-5,8-11,14-17,19H2,1H3,(H2,32,35)(H,34,37)/p+1/t23-,27+,31+/m0/s1. The second kappa shape index (κ2) is 11.7. The van der Waals surface area contributed by atoms with Crippen LogP contribution in [0.1, 0.15) is 87.4 Å². The number of likely N-dealkylation sites (N-methyl/N-ethyl adjacent to an activating group) is 1. The van der Waals surface area contributed by atoms with Gasteiger partial charge in [0.05, 0.1) is 12.6 Å². The summed E-state index contributed by atoms with van der Waals surface area (Å²) in [6, 6.07) is 12.0. The second-order valence-corrected chi connectivity index (χ2v) is 11.7. The summed E-state index contributed by atoms with van der Waals surface area (Å²) in [5.74, 6) is 1.54. The first-order valence-electron chi connectivity index (χ1n) is 14.4. The molecular formula is C31H42N5O2+. The van der Waals surface area contributed by atoms with Crippen molar-refractivity contribution in [1.82, 2.24) is 15.2 Å². The van der Waals surface area contributed by atoms with Gasteiger partial charge >= 0.3 is 11.9 Å². The van der Waals surface area contributed by atoms with Crippen molar-refractivity contribution in [2.24, 2.45) is 17.6 Å². The molecule has 7 nitrogen and oxygen atoms in total. The number of hydrogen-bond donors (Lipinski definition) is 3. The average molecular weight is 517 g/mol. The molecule has 2 saturated carbocycles. The molecule has 5 rings (SSSR count). The normalized spacial score (nSPS) is 26.3. The fraction of sp³-hybridized carbons (Fsp3) is 0.548. The molecule has 202 valence electrons. The third-order valence-corrected chi connectivity index (χ3v) is 9.01. The lowest BCUT2D eigenvalue weighted by Gasteiger charge is -2.34. The van der Waals surface area contributed by atoms with Crippen molar-refractivity contribution in [3.05, 3.63) is 54.4 Å². The minimum atomic E-state index is -0.624. The third-order valence-electron chi connectivity index (χ3n) is 9.01. The molecule has 1 aliphatic heterocycles. The highest BCUT2D eigenvalue weighted by Crippen LogP contribution is 2.35. The first kappa shape index (κ1) is 26.4. The Kier molecular flexibility index (Phi) is 8.10. The molecule has 38 heavy (non-hydrogen) atoms. The number of benzene rings is 1. The van der Waals surface area contributed by atoms with E-state index in [0.717, 1.165) is 56.1 Å². The lowest BCUT2D eigenvalue weighted by Crippen LogP contribution is -2.87. The number of aromatic nitrogens is 1. The smallest absolute Gasteiger partial charge is 0.349 e. The molecule has 2 fully saturated rings. The van der Waals surface area contributed by atoms with E-state index in [2.05, 4.69) is 15.3 Å². The number of carbonyl (C=O) groups is 2. The predicted octanol–water partition coefficient (Wildman–Crippen LogP) is 3.39. The fourth-order valence-corrected chi connectivity index (χ4v) is 6.87. The Bertz CT molecular complexity index is 1160. The summed E-state index contributed by atoms with van der Waals surface area (Å²) in [6.45, 7) is 0. The van der Waals surface area contributed by atoms with E-state index in [4.69, 9.17) is 5.73 Å². The average Bonchev–Trinajstić information content (AvgIpc) is 3.16. The van der Waals surface area contributed by atoms with E-state index < -0.39 is 5.54 Å². The van der Waals surface area contributed by atoms with Gasteiger partial charge in [0.2, 0.25) is 0 Å². The van der Waals surface area contributed by atoms with Crippen LogP contribution in [0.5, 0.6) is 0 Å². The lowest BCUT2D eigenvalue weighted by atomic mass is 9.74. The summed E-state index contributed by atoms with van der Waals surface area (Å²) in [4.78, 5) is 36.0. The molecular weight excluding hydrogens is 474 g/mol. The molecule has 0 unspecified atom stereocenters. The summed E-state index contributed by atoms with van der Waals surface area (Å²) in [6.07, 6.45) is 16.5. The highest BCUT2D eigenvalue weighted by atomic mass is 16.2. The Morgan fingerprint density at radius 3 is 2.55 bits per heavy atom. The predicted molar refractivity (Wildman–Crippen MR) is 149 cm³/mol. The summed E-state index contributed by atoms with van der Waals surface area (Å²) < 4.78 is 0. The van der Waals surface area contributed by atoms with Gasteiger partial charge in [0.25, 0.3) is 5.91 Å². The number of nitrogens with zero attached hydrogens (tertiary/aromatic N) is 2. The van der Waals surface area contributed by atoms with Gasteiger partial charge in [-0.3, -0.25) is 25.3 Å². The molecule has 0 bridgehead atoms. The third kappa shape index (κ3) is 5.92. The van der Waals surface area contributed by atoms with E-state index >= 15 is 0 Å². The number of pyridine rings is 1. The van der Waals surface area contributed by atoms with Gasteiger partial charge in [0, 0.05) is 24.0 Å². The van der Waals surface area contributed by atoms with Crippen LogP contribution in [-0.4, -0.2) is 46.3 Å². The van der Waals surface area contributed by atoms with Crippen molar-refractivity contribution < 1.29 is 14.6 Å². The van der Waals surface area contributed by atoms with Crippen molar-refractivity contribution in [1.29, 1.82) is 0 Å². The van der Waals surface area contributed by atoms with Crippen LogP contribution in [0, 0.1) is 11.8 Å². The Hall–Kier alpha value is -3.22. The second-order valence-electron chi connectivity index (χ2n) is 11.7. The fourth-order valence-electron chi connectivity index (χ4n) is 6.87. The van der Waals surface area contributed by atoms with E-state index in [-0.39, 0.29) is 17.9 Å². The molecule has 2 amide bonds. The van der Waals surface area contributed by atoms with Crippen LogP contribution in [0.15, 0.2) is 48.8 Å². The van der Waals surface area contributed by atoms with Gasteiger partial charge in [0.1, 0.15) is 0 Å². The molecule has 3 aliphatic rings. The van der Waals surface area contributed by atoms with Crippen LogP contribution in [0.25, 0.3) is 11.1 Å². The molecule has 0 saturated heterocycles. The maximum Gasteiger partial charge on any atom is 0.351 e. The number of nitrogens with two attached hydrogens (primary N) is 1. The first-order valence-corrected chi connectivity index (χ1v) is 14.4. The van der Waals surface area contributed by atoms with Gasteiger partial charge in [-0.25, -0.2) is 4.90 Å². The molecule has 2 aromatic rings. The molecule has 4 N–H and O–H groups in total. The highest BCUT2D eigenvalue weighted by Gasteiger charge is 2.52. The van der Waals surface area contributed by atoms with Crippen LogP contribution in [0.2, 0.25) is 0 Å². The maximum absolute atomic E-state index is 13.5. The van der Waals surface area contributed by atoms with Gasteiger partial charge in [0.15, 0.2) is 5.54 Å². The molecule has 0 spiro atoms. The highest BCUT2D eigenvalue weighted by molar-refractivity contribution is 6.01. The van der Waals surface area contributed by atoms with Gasteiger partial charge in [-0.2, -0.15) is 0 Å². The van der Waals surface area contributed by atoms with Gasteiger partial charge in [-0.05, 0) is 55.6 Å². The monoisotopic (exact) mass is 516 g/mol. The Labute approximate surface area is 226 Å². The Morgan fingerprint density at radius 1 is 1.05 bits per heavy atom. The number of rotatable bonds is 8. The zero-order valence-corrected chi connectivity index (χ0v) is 22.6. The van der Waals surface area contributed by atoms with E-state index in [0.29, 0.717) is 23.4 Å². The number of guanidine groups is 1. The minimum Gasteiger partial charge on any atom is -0.349 e. The molecule has 7 heteroatoms. The number of amides is 2. The Balaban J connectivity index is 1.24. The maximum atomic E-state index is 13.5. The van der Waals surface area contributed by atoms with Crippen molar-refractivity contribution in [3.8, 4) is 11.1 Å². The molecule has 2 aliphatic carbocycles. The summed E-state index contributed by atoms with van der Waals surface area (Å²) in [7, 11) is 1.77. The van der Waals surface area contributed by atoms with Crippen LogP contribution in [0.4, 0.5) is 0 Å². The van der Waals surface area contributed by atoms with Crippen LogP contribution in [-0.2, 0) is 4.79 Å². The topological polar surface area (TPSA) is 102 Å². The first-order chi connectivity index (χ1) is 18.4. The summed E-state index contributed by atoms with van der Waals surface area (Å²) in [5, 5.41) is 3.27. The van der Waals surface area contributed by atoms with Gasteiger partial charge in [-0.1, -0.05) is 75.3 Å². The summed E-state index contributed by atoms with van der Waals surface area (Å²) in [5.41, 5.74) is 8.15. The lowest BCUT2D eigenvalue weighted by molar-refractivity contribution is -0.535. The molecule has 1 aromatic carbocycles. The summed E-state index contributed by atoms with van der Waals surface area (Å²) >= 11 is 0. The largest absolute Gasteiger partial charge is 0.351 e. The van der Waals surface area contributed by atoms with E-state index in [1.54, 1.807) is 24.3 Å². The zero-order valence-electron chi connectivity index (χ0n) is 22.6. The molecule has 3 atom stereocenters. The van der Waals surface area contributed by atoms with Crippen molar-refractivity contribution in [2.75, 3.05) is 7.05 Å². The van der Waals surface area contributed by atoms with Crippen LogP contribution >= 0.6 is 0 Å². The SMILES string of the molecule is CN1C(=O)[C@@](CCC2CCCCC2)(C[C@H]2CCC[C@@H](NC(=O)c3cncc(-c4ccccc4)c3)C2)[NH+]=C1N. The number of hydrogen-bond acceptors (Lipinski definition) is 4. The molecule has 1 aromatic heterocycles.